The van der Waals surface area contributed by atoms with Crippen molar-refractivity contribution in [2.24, 2.45) is 0 Å². The number of hydrogen-bond acceptors (Lipinski definition) is 3. The molecule has 0 aliphatic rings. The second-order valence-corrected chi connectivity index (χ2v) is 14.5. The fourth-order valence-electron chi connectivity index (χ4n) is 6.52. The van der Waals surface area contributed by atoms with Crippen molar-refractivity contribution in [1.29, 1.82) is 0 Å². The molecule has 274 valence electrons. The Bertz CT molecular complexity index is 622. The van der Waals surface area contributed by atoms with E-state index in [2.05, 4.69) is 19.2 Å². The van der Waals surface area contributed by atoms with Crippen LogP contribution in [0.5, 0.6) is 0 Å². The largest absolute Gasteiger partial charge is 0.389 e. The van der Waals surface area contributed by atoms with E-state index >= 15 is 0 Å². The molecule has 2 atom stereocenters. The topological polar surface area (TPSA) is 69.6 Å². The lowest BCUT2D eigenvalue weighted by Crippen LogP contribution is -2.36. The first-order valence-electron chi connectivity index (χ1n) is 20.9. The standard InChI is InChI=1S/C42H83NO3/c1-3-5-7-9-11-13-15-17-18-19-20-21-22-23-24-26-28-30-32-34-36-38-41(45)43-42(46)39-40(44)37-35-33-31-29-27-25-16-14-12-10-8-6-4-2/h35,37,40,42,44,46H,3-34,36,38-39H2,1-2H3,(H,43,45). The highest BCUT2D eigenvalue weighted by atomic mass is 16.3. The van der Waals surface area contributed by atoms with Crippen LogP contribution in [0.15, 0.2) is 12.2 Å². The molecule has 4 heteroatoms. The number of hydrogen-bond donors (Lipinski definition) is 3. The second-order valence-electron chi connectivity index (χ2n) is 14.5. The Morgan fingerprint density at radius 2 is 0.783 bits per heavy atom. The van der Waals surface area contributed by atoms with Gasteiger partial charge in [0.1, 0.15) is 6.23 Å². The molecular weight excluding hydrogens is 566 g/mol. The maximum atomic E-state index is 12.2. The Balaban J connectivity index is 3.40. The number of rotatable bonds is 38. The summed E-state index contributed by atoms with van der Waals surface area (Å²) < 4.78 is 0. The number of carbonyl (C=O) groups excluding carboxylic acids is 1. The molecule has 0 saturated heterocycles. The van der Waals surface area contributed by atoms with Crippen LogP contribution in [0.2, 0.25) is 0 Å². The third kappa shape index (κ3) is 37.6. The van der Waals surface area contributed by atoms with Gasteiger partial charge in [0.05, 0.1) is 6.10 Å². The molecule has 1 amide bonds. The first kappa shape index (κ1) is 45.1. The summed E-state index contributed by atoms with van der Waals surface area (Å²) in [6.07, 6.45) is 46.8. The van der Waals surface area contributed by atoms with E-state index in [-0.39, 0.29) is 12.3 Å². The summed E-state index contributed by atoms with van der Waals surface area (Å²) in [6.45, 7) is 4.56. The summed E-state index contributed by atoms with van der Waals surface area (Å²) in [5.41, 5.74) is 0. The van der Waals surface area contributed by atoms with Crippen molar-refractivity contribution in [2.45, 2.75) is 251 Å². The molecule has 0 aromatic carbocycles. The Labute approximate surface area is 288 Å². The van der Waals surface area contributed by atoms with Crippen LogP contribution >= 0.6 is 0 Å². The highest BCUT2D eigenvalue weighted by molar-refractivity contribution is 5.75. The van der Waals surface area contributed by atoms with Gasteiger partial charge in [-0.2, -0.15) is 0 Å². The van der Waals surface area contributed by atoms with Crippen LogP contribution in [0.4, 0.5) is 0 Å². The number of aliphatic hydroxyl groups excluding tert-OH is 2. The molecule has 4 nitrogen and oxygen atoms in total. The molecular formula is C42H83NO3. The van der Waals surface area contributed by atoms with E-state index < -0.39 is 12.3 Å². The first-order valence-corrected chi connectivity index (χ1v) is 20.9. The number of unbranched alkanes of at least 4 members (excludes halogenated alkanes) is 31. The number of allylic oxidation sites excluding steroid dienone is 1. The molecule has 3 N–H and O–H groups in total. The van der Waals surface area contributed by atoms with E-state index in [0.717, 1.165) is 25.7 Å². The Hall–Kier alpha value is -0.870. The van der Waals surface area contributed by atoms with E-state index in [4.69, 9.17) is 0 Å². The molecule has 0 aromatic heterocycles. The molecule has 46 heavy (non-hydrogen) atoms. The van der Waals surface area contributed by atoms with Gasteiger partial charge in [-0.1, -0.05) is 219 Å². The van der Waals surface area contributed by atoms with Crippen molar-refractivity contribution in [3.05, 3.63) is 12.2 Å². The van der Waals surface area contributed by atoms with Gasteiger partial charge in [0.25, 0.3) is 0 Å². The summed E-state index contributed by atoms with van der Waals surface area (Å²) in [5.74, 6) is -0.109. The molecule has 2 unspecified atom stereocenters. The molecule has 0 heterocycles. The summed E-state index contributed by atoms with van der Waals surface area (Å²) >= 11 is 0. The van der Waals surface area contributed by atoms with Gasteiger partial charge >= 0.3 is 0 Å². The maximum Gasteiger partial charge on any atom is 0.221 e. The molecule has 0 radical (unpaired) electrons. The van der Waals surface area contributed by atoms with E-state index in [1.165, 1.54) is 186 Å². The predicted octanol–water partition coefficient (Wildman–Crippen LogP) is 13.0. The third-order valence-corrected chi connectivity index (χ3v) is 9.63. The lowest BCUT2D eigenvalue weighted by atomic mass is 10.0. The average molecular weight is 650 g/mol. The van der Waals surface area contributed by atoms with E-state index in [0.29, 0.717) is 6.42 Å². The van der Waals surface area contributed by atoms with E-state index in [1.807, 2.05) is 6.08 Å². The molecule has 0 fully saturated rings. The zero-order valence-electron chi connectivity index (χ0n) is 31.4. The molecule has 0 aliphatic heterocycles. The highest BCUT2D eigenvalue weighted by Crippen LogP contribution is 2.16. The molecule has 0 bridgehead atoms. The van der Waals surface area contributed by atoms with Crippen LogP contribution in [0.1, 0.15) is 239 Å². The van der Waals surface area contributed by atoms with Crippen LogP contribution in [-0.2, 0) is 4.79 Å². The maximum absolute atomic E-state index is 12.2. The molecule has 0 aromatic rings. The van der Waals surface area contributed by atoms with Gasteiger partial charge in [-0.15, -0.1) is 0 Å². The van der Waals surface area contributed by atoms with Crippen molar-refractivity contribution in [3.63, 3.8) is 0 Å². The van der Waals surface area contributed by atoms with Crippen LogP contribution in [-0.4, -0.2) is 28.5 Å². The minimum atomic E-state index is -0.982. The quantitative estimate of drug-likeness (QED) is 0.0354. The van der Waals surface area contributed by atoms with Crippen molar-refractivity contribution in [3.8, 4) is 0 Å². The number of carbonyl (C=O) groups is 1. The summed E-state index contributed by atoms with van der Waals surface area (Å²) in [7, 11) is 0. The zero-order chi connectivity index (χ0) is 33.6. The molecule has 0 saturated carbocycles. The lowest BCUT2D eigenvalue weighted by Gasteiger charge is -2.15. The fraction of sp³-hybridized carbons (Fsp3) is 0.929. The van der Waals surface area contributed by atoms with Crippen LogP contribution in [0.25, 0.3) is 0 Å². The zero-order valence-corrected chi connectivity index (χ0v) is 31.4. The SMILES string of the molecule is CCCCCCCCCCCCCC=CC(O)CC(O)NC(=O)CCCCCCCCCCCCCCCCCCCCCCC. The Morgan fingerprint density at radius 1 is 0.478 bits per heavy atom. The predicted molar refractivity (Wildman–Crippen MR) is 202 cm³/mol. The van der Waals surface area contributed by atoms with Gasteiger partial charge in [0.2, 0.25) is 5.91 Å². The van der Waals surface area contributed by atoms with Gasteiger partial charge in [0, 0.05) is 12.8 Å². The van der Waals surface area contributed by atoms with E-state index in [1.54, 1.807) is 6.08 Å². The second kappa shape index (κ2) is 38.6. The first-order chi connectivity index (χ1) is 22.6. The Morgan fingerprint density at radius 3 is 1.13 bits per heavy atom. The number of aliphatic hydroxyl groups is 2. The average Bonchev–Trinajstić information content (AvgIpc) is 3.03. The smallest absolute Gasteiger partial charge is 0.221 e. The van der Waals surface area contributed by atoms with Gasteiger partial charge in [-0.3, -0.25) is 4.79 Å². The van der Waals surface area contributed by atoms with Crippen LogP contribution < -0.4 is 5.32 Å². The highest BCUT2D eigenvalue weighted by Gasteiger charge is 2.12. The van der Waals surface area contributed by atoms with Gasteiger partial charge in [0.15, 0.2) is 0 Å². The molecule has 0 aliphatic carbocycles. The lowest BCUT2D eigenvalue weighted by molar-refractivity contribution is -0.124. The van der Waals surface area contributed by atoms with Gasteiger partial charge in [-0.05, 0) is 19.3 Å². The van der Waals surface area contributed by atoms with Crippen molar-refractivity contribution in [1.82, 2.24) is 5.32 Å². The normalized spacial score (nSPS) is 13.0. The monoisotopic (exact) mass is 650 g/mol. The molecule has 0 spiro atoms. The summed E-state index contributed by atoms with van der Waals surface area (Å²) in [4.78, 5) is 12.2. The van der Waals surface area contributed by atoms with E-state index in [9.17, 15) is 15.0 Å². The minimum Gasteiger partial charge on any atom is -0.389 e. The number of amides is 1. The third-order valence-electron chi connectivity index (χ3n) is 9.63. The number of nitrogens with one attached hydrogen (secondary N) is 1. The van der Waals surface area contributed by atoms with Crippen LogP contribution in [0, 0.1) is 0 Å². The fourth-order valence-corrected chi connectivity index (χ4v) is 6.52. The van der Waals surface area contributed by atoms with Gasteiger partial charge in [-0.25, -0.2) is 0 Å². The van der Waals surface area contributed by atoms with Crippen LogP contribution in [0.3, 0.4) is 0 Å². The Kier molecular flexibility index (Phi) is 37.8. The molecule has 0 rings (SSSR count). The van der Waals surface area contributed by atoms with Gasteiger partial charge < -0.3 is 15.5 Å². The summed E-state index contributed by atoms with van der Waals surface area (Å²) in [5, 5.41) is 23.0. The summed E-state index contributed by atoms with van der Waals surface area (Å²) in [6, 6.07) is 0. The van der Waals surface area contributed by atoms with Crippen molar-refractivity contribution >= 4 is 5.91 Å². The van der Waals surface area contributed by atoms with Crippen molar-refractivity contribution in [2.75, 3.05) is 0 Å². The van der Waals surface area contributed by atoms with Crippen molar-refractivity contribution < 1.29 is 15.0 Å². The minimum absolute atomic E-state index is 0.109.